The van der Waals surface area contributed by atoms with Crippen molar-refractivity contribution in [3.63, 3.8) is 0 Å². The van der Waals surface area contributed by atoms with E-state index in [9.17, 15) is 4.39 Å². The molecule has 0 amide bonds. The fraction of sp³-hybridized carbons (Fsp3) is 0.312. The molecule has 0 saturated carbocycles. The first kappa shape index (κ1) is 14.4. The molecule has 0 unspecified atom stereocenters. The number of aromatic nitrogens is 2. The molecule has 1 fully saturated rings. The topological polar surface area (TPSA) is 56.1 Å². The van der Waals surface area contributed by atoms with Gasteiger partial charge >= 0.3 is 0 Å². The van der Waals surface area contributed by atoms with Crippen molar-refractivity contribution >= 4 is 5.69 Å². The second-order valence-corrected chi connectivity index (χ2v) is 5.21. The Kier molecular flexibility index (Phi) is 4.26. The molecule has 0 aromatic carbocycles. The van der Waals surface area contributed by atoms with Gasteiger partial charge in [-0.25, -0.2) is 9.37 Å². The number of anilines is 1. The summed E-state index contributed by atoms with van der Waals surface area (Å²) in [7, 11) is 0. The van der Waals surface area contributed by atoms with Crippen molar-refractivity contribution in [2.45, 2.75) is 6.54 Å². The number of piperazine rings is 1. The average molecular weight is 297 g/mol. The van der Waals surface area contributed by atoms with E-state index in [1.807, 2.05) is 6.07 Å². The van der Waals surface area contributed by atoms with Crippen LogP contribution >= 0.6 is 0 Å². The molecule has 0 atom stereocenters. The van der Waals surface area contributed by atoms with E-state index in [0.717, 1.165) is 31.9 Å². The van der Waals surface area contributed by atoms with Crippen molar-refractivity contribution in [3.8, 4) is 6.07 Å². The molecule has 3 heterocycles. The van der Waals surface area contributed by atoms with Crippen LogP contribution in [0, 0.1) is 17.1 Å². The van der Waals surface area contributed by atoms with E-state index in [2.05, 4.69) is 25.8 Å². The largest absolute Gasteiger partial charge is 0.369 e. The molecule has 22 heavy (non-hydrogen) atoms. The van der Waals surface area contributed by atoms with Crippen LogP contribution in [-0.2, 0) is 6.54 Å². The molecule has 1 aliphatic rings. The van der Waals surface area contributed by atoms with E-state index < -0.39 is 0 Å². The standard InChI is InChI=1S/C16H16FN5/c17-15-2-1-4-20-16(15)12-21-6-8-22(9-7-21)14-3-5-19-13(10-14)11-18/h1-5,10H,6-9,12H2. The van der Waals surface area contributed by atoms with Gasteiger partial charge in [-0.05, 0) is 24.3 Å². The molecule has 0 radical (unpaired) electrons. The number of hydrogen-bond acceptors (Lipinski definition) is 5. The molecule has 0 bridgehead atoms. The predicted octanol–water partition coefficient (Wildman–Crippen LogP) is 1.81. The fourth-order valence-corrected chi connectivity index (χ4v) is 2.59. The monoisotopic (exact) mass is 297 g/mol. The van der Waals surface area contributed by atoms with Crippen molar-refractivity contribution in [2.75, 3.05) is 31.1 Å². The Balaban J connectivity index is 1.61. The lowest BCUT2D eigenvalue weighted by Crippen LogP contribution is -2.46. The molecule has 1 saturated heterocycles. The Labute approximate surface area is 128 Å². The molecule has 2 aromatic rings. The summed E-state index contributed by atoms with van der Waals surface area (Å²) in [6, 6.07) is 8.81. The van der Waals surface area contributed by atoms with E-state index in [1.54, 1.807) is 24.5 Å². The first-order chi connectivity index (χ1) is 10.8. The molecular weight excluding hydrogens is 281 g/mol. The number of nitrogens with zero attached hydrogens (tertiary/aromatic N) is 5. The summed E-state index contributed by atoms with van der Waals surface area (Å²) in [5.41, 5.74) is 1.93. The van der Waals surface area contributed by atoms with Crippen LogP contribution in [0.4, 0.5) is 10.1 Å². The van der Waals surface area contributed by atoms with Gasteiger partial charge in [-0.1, -0.05) is 0 Å². The molecule has 3 rings (SSSR count). The quantitative estimate of drug-likeness (QED) is 0.865. The maximum Gasteiger partial charge on any atom is 0.146 e. The van der Waals surface area contributed by atoms with Gasteiger partial charge < -0.3 is 4.90 Å². The molecule has 6 heteroatoms. The third-order valence-corrected chi connectivity index (χ3v) is 3.80. The highest BCUT2D eigenvalue weighted by Crippen LogP contribution is 2.17. The SMILES string of the molecule is N#Cc1cc(N2CCN(Cc3ncccc3F)CC2)ccn1. The second-order valence-electron chi connectivity index (χ2n) is 5.21. The molecule has 1 aliphatic heterocycles. The minimum Gasteiger partial charge on any atom is -0.369 e. The van der Waals surface area contributed by atoms with Gasteiger partial charge in [-0.3, -0.25) is 9.88 Å². The predicted molar refractivity (Wildman–Crippen MR) is 80.6 cm³/mol. The molecular formula is C16H16FN5. The summed E-state index contributed by atoms with van der Waals surface area (Å²) >= 11 is 0. The van der Waals surface area contributed by atoms with Gasteiger partial charge in [0.1, 0.15) is 17.6 Å². The number of rotatable bonds is 3. The summed E-state index contributed by atoms with van der Waals surface area (Å²) in [6.07, 6.45) is 3.28. The Morgan fingerprint density at radius 2 is 1.95 bits per heavy atom. The minimum absolute atomic E-state index is 0.252. The van der Waals surface area contributed by atoms with E-state index >= 15 is 0 Å². The Morgan fingerprint density at radius 3 is 2.68 bits per heavy atom. The highest BCUT2D eigenvalue weighted by Gasteiger charge is 2.19. The van der Waals surface area contributed by atoms with Gasteiger partial charge in [0.05, 0.1) is 5.69 Å². The van der Waals surface area contributed by atoms with Crippen LogP contribution in [-0.4, -0.2) is 41.0 Å². The zero-order valence-electron chi connectivity index (χ0n) is 12.1. The van der Waals surface area contributed by atoms with Crippen LogP contribution in [0.2, 0.25) is 0 Å². The summed E-state index contributed by atoms with van der Waals surface area (Å²) in [5, 5.41) is 8.91. The number of pyridine rings is 2. The van der Waals surface area contributed by atoms with Crippen LogP contribution in [0.15, 0.2) is 36.7 Å². The van der Waals surface area contributed by atoms with Crippen molar-refractivity contribution in [3.05, 3.63) is 53.9 Å². The third kappa shape index (κ3) is 3.21. The van der Waals surface area contributed by atoms with E-state index in [-0.39, 0.29) is 5.82 Å². The van der Waals surface area contributed by atoms with Gasteiger partial charge in [-0.2, -0.15) is 5.26 Å². The molecule has 0 aliphatic carbocycles. The van der Waals surface area contributed by atoms with Crippen molar-refractivity contribution in [2.24, 2.45) is 0 Å². The first-order valence-electron chi connectivity index (χ1n) is 7.19. The minimum atomic E-state index is -0.252. The maximum atomic E-state index is 13.6. The highest BCUT2D eigenvalue weighted by atomic mass is 19.1. The number of halogens is 1. The number of nitriles is 1. The fourth-order valence-electron chi connectivity index (χ4n) is 2.59. The lowest BCUT2D eigenvalue weighted by Gasteiger charge is -2.35. The molecule has 0 spiro atoms. The molecule has 5 nitrogen and oxygen atoms in total. The summed E-state index contributed by atoms with van der Waals surface area (Å²) < 4.78 is 13.6. The van der Waals surface area contributed by atoms with Gasteiger partial charge in [0, 0.05) is 50.8 Å². The summed E-state index contributed by atoms with van der Waals surface area (Å²) in [5.74, 6) is -0.252. The summed E-state index contributed by atoms with van der Waals surface area (Å²) in [6.45, 7) is 3.87. The van der Waals surface area contributed by atoms with E-state index in [1.165, 1.54) is 6.07 Å². The Bertz CT molecular complexity index is 689. The van der Waals surface area contributed by atoms with Crippen LogP contribution in [0.3, 0.4) is 0 Å². The lowest BCUT2D eigenvalue weighted by atomic mass is 10.2. The van der Waals surface area contributed by atoms with Gasteiger partial charge in [0.15, 0.2) is 0 Å². The van der Waals surface area contributed by atoms with Crippen molar-refractivity contribution < 1.29 is 4.39 Å². The van der Waals surface area contributed by atoms with E-state index in [4.69, 9.17) is 5.26 Å². The Hall–Kier alpha value is -2.52. The molecule has 2 aromatic heterocycles. The second kappa shape index (κ2) is 6.50. The van der Waals surface area contributed by atoms with Crippen LogP contribution < -0.4 is 4.90 Å². The number of hydrogen-bond donors (Lipinski definition) is 0. The van der Waals surface area contributed by atoms with Crippen LogP contribution in [0.25, 0.3) is 0 Å². The maximum absolute atomic E-state index is 13.6. The average Bonchev–Trinajstić information content (AvgIpc) is 2.58. The Morgan fingerprint density at radius 1 is 1.14 bits per heavy atom. The third-order valence-electron chi connectivity index (χ3n) is 3.80. The zero-order chi connectivity index (χ0) is 15.4. The molecule has 112 valence electrons. The van der Waals surface area contributed by atoms with Gasteiger partial charge in [0.25, 0.3) is 0 Å². The first-order valence-corrected chi connectivity index (χ1v) is 7.19. The van der Waals surface area contributed by atoms with Gasteiger partial charge in [-0.15, -0.1) is 0 Å². The summed E-state index contributed by atoms with van der Waals surface area (Å²) in [4.78, 5) is 12.5. The highest BCUT2D eigenvalue weighted by molar-refractivity contribution is 5.49. The van der Waals surface area contributed by atoms with Crippen molar-refractivity contribution in [1.29, 1.82) is 5.26 Å². The van der Waals surface area contributed by atoms with Crippen LogP contribution in [0.5, 0.6) is 0 Å². The lowest BCUT2D eigenvalue weighted by molar-refractivity contribution is 0.243. The smallest absolute Gasteiger partial charge is 0.146 e. The zero-order valence-corrected chi connectivity index (χ0v) is 12.1. The van der Waals surface area contributed by atoms with Gasteiger partial charge in [0.2, 0.25) is 0 Å². The normalized spacial score (nSPS) is 15.5. The van der Waals surface area contributed by atoms with E-state index in [0.29, 0.717) is 17.9 Å². The molecule has 0 N–H and O–H groups in total. The van der Waals surface area contributed by atoms with Crippen LogP contribution in [0.1, 0.15) is 11.4 Å². The van der Waals surface area contributed by atoms with Crippen molar-refractivity contribution in [1.82, 2.24) is 14.9 Å².